The van der Waals surface area contributed by atoms with Crippen molar-refractivity contribution in [2.75, 3.05) is 13.1 Å². The molecule has 1 aliphatic heterocycles. The predicted molar refractivity (Wildman–Crippen MR) is 84.8 cm³/mol. The minimum absolute atomic E-state index is 0.139. The SMILES string of the molecule is CC(C)(C)OC(=O)N1CCC(C(O)c2sccc2Cl)CC1. The Labute approximate surface area is 134 Å². The van der Waals surface area contributed by atoms with Gasteiger partial charge in [-0.1, -0.05) is 11.6 Å². The van der Waals surface area contributed by atoms with E-state index >= 15 is 0 Å². The molecule has 1 aromatic heterocycles. The molecule has 21 heavy (non-hydrogen) atoms. The van der Waals surface area contributed by atoms with E-state index in [2.05, 4.69) is 0 Å². The van der Waals surface area contributed by atoms with Crippen LogP contribution < -0.4 is 0 Å². The van der Waals surface area contributed by atoms with Gasteiger partial charge in [-0.15, -0.1) is 11.3 Å². The van der Waals surface area contributed by atoms with Crippen LogP contribution in [0.5, 0.6) is 0 Å². The Bertz CT molecular complexity index is 489. The number of rotatable bonds is 2. The van der Waals surface area contributed by atoms with Crippen LogP contribution >= 0.6 is 22.9 Å². The van der Waals surface area contributed by atoms with Crippen LogP contribution in [0.25, 0.3) is 0 Å². The van der Waals surface area contributed by atoms with Crippen molar-refractivity contribution in [1.29, 1.82) is 0 Å². The number of likely N-dealkylation sites (tertiary alicyclic amines) is 1. The van der Waals surface area contributed by atoms with Gasteiger partial charge in [-0.05, 0) is 51.0 Å². The van der Waals surface area contributed by atoms with Gasteiger partial charge in [0.25, 0.3) is 0 Å². The zero-order valence-electron chi connectivity index (χ0n) is 12.6. The zero-order valence-corrected chi connectivity index (χ0v) is 14.2. The zero-order chi connectivity index (χ0) is 15.6. The molecule has 0 radical (unpaired) electrons. The molecule has 0 saturated carbocycles. The molecule has 1 aliphatic rings. The molecule has 1 fully saturated rings. The standard InChI is InChI=1S/C15H22ClNO3S/c1-15(2,3)20-14(19)17-7-4-10(5-8-17)12(18)13-11(16)6-9-21-13/h6,9-10,12,18H,4-5,7-8H2,1-3H3. The third kappa shape index (κ3) is 4.34. The summed E-state index contributed by atoms with van der Waals surface area (Å²) >= 11 is 7.55. The van der Waals surface area contributed by atoms with E-state index < -0.39 is 11.7 Å². The van der Waals surface area contributed by atoms with E-state index in [9.17, 15) is 9.90 Å². The van der Waals surface area contributed by atoms with Crippen LogP contribution in [0.2, 0.25) is 5.02 Å². The third-order valence-corrected chi connectivity index (χ3v) is 4.98. The normalized spacial score (nSPS) is 18.6. The highest BCUT2D eigenvalue weighted by Gasteiger charge is 2.31. The maximum atomic E-state index is 12.0. The Morgan fingerprint density at radius 2 is 2.10 bits per heavy atom. The van der Waals surface area contributed by atoms with Gasteiger partial charge in [-0.2, -0.15) is 0 Å². The van der Waals surface area contributed by atoms with Gasteiger partial charge in [-0.25, -0.2) is 4.79 Å². The second kappa shape index (κ2) is 6.55. The topological polar surface area (TPSA) is 49.8 Å². The van der Waals surface area contributed by atoms with Crippen molar-refractivity contribution in [1.82, 2.24) is 4.90 Å². The highest BCUT2D eigenvalue weighted by atomic mass is 35.5. The number of carbonyl (C=O) groups is 1. The smallest absolute Gasteiger partial charge is 0.410 e. The van der Waals surface area contributed by atoms with Crippen molar-refractivity contribution in [3.63, 3.8) is 0 Å². The first kappa shape index (κ1) is 16.6. The van der Waals surface area contributed by atoms with Crippen LogP contribution in [-0.4, -0.2) is 34.8 Å². The van der Waals surface area contributed by atoms with E-state index in [-0.39, 0.29) is 12.0 Å². The second-order valence-corrected chi connectivity index (χ2v) is 7.74. The van der Waals surface area contributed by atoms with Crippen LogP contribution in [0.15, 0.2) is 11.4 Å². The first-order valence-corrected chi connectivity index (χ1v) is 8.42. The Balaban J connectivity index is 1.89. The first-order chi connectivity index (χ1) is 9.78. The molecule has 1 amide bonds. The average molecular weight is 332 g/mol. The van der Waals surface area contributed by atoms with Crippen molar-refractivity contribution < 1.29 is 14.6 Å². The van der Waals surface area contributed by atoms with Gasteiger partial charge in [-0.3, -0.25) is 0 Å². The number of nitrogens with zero attached hydrogens (tertiary/aromatic N) is 1. The molecule has 1 N–H and O–H groups in total. The molecule has 0 aromatic carbocycles. The molecular formula is C15H22ClNO3S. The summed E-state index contributed by atoms with van der Waals surface area (Å²) in [6, 6.07) is 1.81. The number of halogens is 1. The molecule has 1 aromatic rings. The first-order valence-electron chi connectivity index (χ1n) is 7.17. The lowest BCUT2D eigenvalue weighted by Gasteiger charge is -2.35. The molecule has 2 rings (SSSR count). The number of ether oxygens (including phenoxy) is 1. The minimum atomic E-state index is -0.543. The number of aliphatic hydroxyl groups excluding tert-OH is 1. The predicted octanol–water partition coefficient (Wildman–Crippen LogP) is 4.08. The fourth-order valence-corrected chi connectivity index (χ4v) is 3.70. The number of piperidine rings is 1. The van der Waals surface area contributed by atoms with E-state index in [0.717, 1.165) is 17.7 Å². The molecule has 1 unspecified atom stereocenters. The van der Waals surface area contributed by atoms with E-state index in [4.69, 9.17) is 16.3 Å². The van der Waals surface area contributed by atoms with Crippen LogP contribution in [-0.2, 0) is 4.74 Å². The summed E-state index contributed by atoms with van der Waals surface area (Å²) < 4.78 is 5.37. The van der Waals surface area contributed by atoms with Crippen molar-refractivity contribution in [3.05, 3.63) is 21.3 Å². The minimum Gasteiger partial charge on any atom is -0.444 e. The molecule has 1 atom stereocenters. The number of aliphatic hydroxyl groups is 1. The van der Waals surface area contributed by atoms with Crippen molar-refractivity contribution in [2.45, 2.75) is 45.3 Å². The van der Waals surface area contributed by atoms with E-state index in [1.165, 1.54) is 11.3 Å². The molecule has 0 spiro atoms. The Morgan fingerprint density at radius 1 is 1.48 bits per heavy atom. The van der Waals surface area contributed by atoms with Crippen LogP contribution in [0, 0.1) is 5.92 Å². The van der Waals surface area contributed by atoms with Gasteiger partial charge in [0.1, 0.15) is 5.60 Å². The summed E-state index contributed by atoms with van der Waals surface area (Å²) in [6.07, 6.45) is 0.700. The van der Waals surface area contributed by atoms with Crippen molar-refractivity contribution in [2.24, 2.45) is 5.92 Å². The number of hydrogen-bond donors (Lipinski definition) is 1. The summed E-state index contributed by atoms with van der Waals surface area (Å²) in [4.78, 5) is 14.5. The summed E-state index contributed by atoms with van der Waals surface area (Å²) in [6.45, 7) is 6.81. The summed E-state index contributed by atoms with van der Waals surface area (Å²) in [5, 5.41) is 12.9. The van der Waals surface area contributed by atoms with E-state index in [1.807, 2.05) is 26.2 Å². The molecule has 6 heteroatoms. The molecule has 1 saturated heterocycles. The second-order valence-electron chi connectivity index (χ2n) is 6.38. The van der Waals surface area contributed by atoms with Gasteiger partial charge in [0.05, 0.1) is 16.0 Å². The molecule has 0 bridgehead atoms. The van der Waals surface area contributed by atoms with Crippen LogP contribution in [0.4, 0.5) is 4.79 Å². The van der Waals surface area contributed by atoms with Crippen LogP contribution in [0.1, 0.15) is 44.6 Å². The van der Waals surface area contributed by atoms with Gasteiger partial charge in [0.15, 0.2) is 0 Å². The number of hydrogen-bond acceptors (Lipinski definition) is 4. The Hall–Kier alpha value is -0.780. The lowest BCUT2D eigenvalue weighted by Crippen LogP contribution is -2.42. The van der Waals surface area contributed by atoms with Crippen molar-refractivity contribution >= 4 is 29.0 Å². The maximum Gasteiger partial charge on any atom is 0.410 e. The largest absolute Gasteiger partial charge is 0.444 e. The lowest BCUT2D eigenvalue weighted by molar-refractivity contribution is 0.00810. The van der Waals surface area contributed by atoms with Gasteiger partial charge < -0.3 is 14.7 Å². The number of carbonyl (C=O) groups excluding carboxylic acids is 1. The monoisotopic (exact) mass is 331 g/mol. The molecule has 0 aliphatic carbocycles. The quantitative estimate of drug-likeness (QED) is 0.888. The summed E-state index contributed by atoms with van der Waals surface area (Å²) in [7, 11) is 0. The number of amides is 1. The number of thiophene rings is 1. The molecule has 4 nitrogen and oxygen atoms in total. The average Bonchev–Trinajstić information content (AvgIpc) is 2.82. The van der Waals surface area contributed by atoms with E-state index in [1.54, 1.807) is 11.0 Å². The lowest BCUT2D eigenvalue weighted by atomic mass is 9.90. The maximum absolute atomic E-state index is 12.0. The van der Waals surface area contributed by atoms with Crippen LogP contribution in [0.3, 0.4) is 0 Å². The molecule has 118 valence electrons. The third-order valence-electron chi connectivity index (χ3n) is 3.55. The highest BCUT2D eigenvalue weighted by Crippen LogP contribution is 2.37. The Morgan fingerprint density at radius 3 is 2.57 bits per heavy atom. The van der Waals surface area contributed by atoms with Gasteiger partial charge >= 0.3 is 6.09 Å². The summed E-state index contributed by atoms with van der Waals surface area (Å²) in [5.74, 6) is 0.139. The van der Waals surface area contributed by atoms with Crippen molar-refractivity contribution in [3.8, 4) is 0 Å². The van der Waals surface area contributed by atoms with Gasteiger partial charge in [0.2, 0.25) is 0 Å². The molecular weight excluding hydrogens is 310 g/mol. The summed E-state index contributed by atoms with van der Waals surface area (Å²) in [5.41, 5.74) is -0.474. The fourth-order valence-electron chi connectivity index (χ4n) is 2.45. The highest BCUT2D eigenvalue weighted by molar-refractivity contribution is 7.10. The Kier molecular flexibility index (Phi) is 5.17. The van der Waals surface area contributed by atoms with Gasteiger partial charge in [0, 0.05) is 13.1 Å². The molecule has 2 heterocycles. The van der Waals surface area contributed by atoms with E-state index in [0.29, 0.717) is 18.1 Å². The fraction of sp³-hybridized carbons (Fsp3) is 0.667.